The van der Waals surface area contributed by atoms with E-state index in [9.17, 15) is 9.18 Å². The largest absolute Gasteiger partial charge is 0.367 e. The van der Waals surface area contributed by atoms with Crippen molar-refractivity contribution in [3.05, 3.63) is 59.4 Å². The van der Waals surface area contributed by atoms with E-state index in [4.69, 9.17) is 0 Å². The lowest BCUT2D eigenvalue weighted by Gasteiger charge is -2.08. The molecule has 0 aliphatic heterocycles. The van der Waals surface area contributed by atoms with E-state index in [1.165, 1.54) is 6.20 Å². The second-order valence-corrected chi connectivity index (χ2v) is 5.69. The van der Waals surface area contributed by atoms with Crippen LogP contribution in [0.2, 0.25) is 0 Å². The molecule has 0 aliphatic carbocycles. The van der Waals surface area contributed by atoms with Crippen LogP contribution in [0.15, 0.2) is 36.7 Å². The van der Waals surface area contributed by atoms with E-state index in [1.54, 1.807) is 10.7 Å². The molecular weight excluding hydrogens is 337 g/mol. The van der Waals surface area contributed by atoms with Crippen molar-refractivity contribution in [2.75, 3.05) is 18.4 Å². The van der Waals surface area contributed by atoms with E-state index >= 15 is 0 Å². The zero-order chi connectivity index (χ0) is 18.5. The molecule has 0 aliphatic rings. The van der Waals surface area contributed by atoms with Crippen LogP contribution in [0.5, 0.6) is 0 Å². The highest BCUT2D eigenvalue weighted by Crippen LogP contribution is 2.10. The fourth-order valence-corrected chi connectivity index (χ4v) is 2.40. The average molecular weight is 355 g/mol. The van der Waals surface area contributed by atoms with E-state index in [2.05, 4.69) is 30.9 Å². The predicted octanol–water partition coefficient (Wildman–Crippen LogP) is 1.66. The lowest BCUT2D eigenvalue weighted by atomic mass is 10.2. The third kappa shape index (κ3) is 4.18. The number of hydrogen-bond donors (Lipinski definition) is 2. The highest BCUT2D eigenvalue weighted by atomic mass is 19.1. The first kappa shape index (κ1) is 17.5. The first-order valence-electron chi connectivity index (χ1n) is 8.03. The summed E-state index contributed by atoms with van der Waals surface area (Å²) in [6.45, 7) is 4.66. The first-order valence-corrected chi connectivity index (χ1v) is 8.03. The normalized spacial score (nSPS) is 10.6. The summed E-state index contributed by atoms with van der Waals surface area (Å²) in [5.74, 6) is 0.281. The summed E-state index contributed by atoms with van der Waals surface area (Å²) in [7, 11) is 0. The Morgan fingerprint density at radius 3 is 2.65 bits per heavy atom. The second kappa shape index (κ2) is 7.68. The molecule has 0 atom stereocenters. The second-order valence-electron chi connectivity index (χ2n) is 5.69. The number of nitrogens with zero attached hydrogens (tertiary/aromatic N) is 5. The Morgan fingerprint density at radius 1 is 1.15 bits per heavy atom. The van der Waals surface area contributed by atoms with Gasteiger partial charge >= 0.3 is 0 Å². The van der Waals surface area contributed by atoms with Gasteiger partial charge in [0.2, 0.25) is 0 Å². The highest BCUT2D eigenvalue weighted by molar-refractivity contribution is 5.93. The summed E-state index contributed by atoms with van der Waals surface area (Å²) >= 11 is 0. The predicted molar refractivity (Wildman–Crippen MR) is 93.6 cm³/mol. The molecule has 0 bridgehead atoms. The number of pyridine rings is 1. The molecule has 134 valence electrons. The summed E-state index contributed by atoms with van der Waals surface area (Å²) in [6, 6.07) is 6.70. The average Bonchev–Trinajstić information content (AvgIpc) is 2.97. The van der Waals surface area contributed by atoms with Crippen LogP contribution in [0.1, 0.15) is 21.7 Å². The van der Waals surface area contributed by atoms with Crippen molar-refractivity contribution in [2.45, 2.75) is 13.8 Å². The van der Waals surface area contributed by atoms with Gasteiger partial charge in [0.25, 0.3) is 5.91 Å². The van der Waals surface area contributed by atoms with Crippen molar-refractivity contribution < 1.29 is 9.18 Å². The molecule has 0 saturated carbocycles. The molecule has 3 heterocycles. The van der Waals surface area contributed by atoms with Gasteiger partial charge < -0.3 is 10.6 Å². The number of carbonyl (C=O) groups is 1. The van der Waals surface area contributed by atoms with Crippen molar-refractivity contribution in [1.82, 2.24) is 30.3 Å². The monoisotopic (exact) mass is 355 g/mol. The minimum Gasteiger partial charge on any atom is -0.367 e. The Labute approximate surface area is 149 Å². The molecule has 26 heavy (non-hydrogen) atoms. The molecular formula is C17H18FN7O. The zero-order valence-corrected chi connectivity index (χ0v) is 14.4. The van der Waals surface area contributed by atoms with Gasteiger partial charge in [0, 0.05) is 25.0 Å². The minimum absolute atomic E-state index is 0.180. The molecule has 2 N–H and O–H groups in total. The van der Waals surface area contributed by atoms with E-state index < -0.39 is 5.82 Å². The van der Waals surface area contributed by atoms with Gasteiger partial charge in [-0.25, -0.2) is 9.07 Å². The van der Waals surface area contributed by atoms with Crippen molar-refractivity contribution in [2.24, 2.45) is 0 Å². The van der Waals surface area contributed by atoms with E-state index in [-0.39, 0.29) is 11.5 Å². The quantitative estimate of drug-likeness (QED) is 0.653. The van der Waals surface area contributed by atoms with Crippen LogP contribution >= 0.6 is 0 Å². The Morgan fingerprint density at radius 2 is 2.00 bits per heavy atom. The first-order chi connectivity index (χ1) is 12.5. The van der Waals surface area contributed by atoms with Crippen molar-refractivity contribution in [3.63, 3.8) is 0 Å². The third-order valence-electron chi connectivity index (χ3n) is 3.56. The molecule has 3 rings (SSSR count). The van der Waals surface area contributed by atoms with Crippen LogP contribution < -0.4 is 10.6 Å². The number of anilines is 1. The van der Waals surface area contributed by atoms with Crippen molar-refractivity contribution in [3.8, 4) is 5.82 Å². The van der Waals surface area contributed by atoms with Crippen LogP contribution in [0.3, 0.4) is 0 Å². The van der Waals surface area contributed by atoms with Crippen molar-refractivity contribution >= 4 is 11.7 Å². The van der Waals surface area contributed by atoms with Gasteiger partial charge in [-0.2, -0.15) is 5.10 Å². The van der Waals surface area contributed by atoms with Gasteiger partial charge in [-0.3, -0.25) is 9.78 Å². The molecule has 8 nitrogen and oxygen atoms in total. The van der Waals surface area contributed by atoms with Crippen LogP contribution in [-0.4, -0.2) is 44.0 Å². The van der Waals surface area contributed by atoms with Crippen LogP contribution in [0.4, 0.5) is 10.2 Å². The maximum atomic E-state index is 13.0. The Kier molecular flexibility index (Phi) is 5.16. The fraction of sp³-hybridized carbons (Fsp3) is 0.235. The molecule has 0 unspecified atom stereocenters. The summed E-state index contributed by atoms with van der Waals surface area (Å²) in [6.07, 6.45) is 2.36. The van der Waals surface area contributed by atoms with E-state index in [0.717, 1.165) is 23.7 Å². The van der Waals surface area contributed by atoms with Crippen molar-refractivity contribution in [1.29, 1.82) is 0 Å². The molecule has 0 radical (unpaired) electrons. The van der Waals surface area contributed by atoms with Crippen LogP contribution in [0, 0.1) is 19.7 Å². The number of carbonyl (C=O) groups excluding carboxylic acids is 1. The molecule has 0 aromatic carbocycles. The molecule has 0 spiro atoms. The topological polar surface area (TPSA) is 97.6 Å². The number of rotatable bonds is 6. The smallest absolute Gasteiger partial charge is 0.253 e. The minimum atomic E-state index is -0.547. The van der Waals surface area contributed by atoms with E-state index in [0.29, 0.717) is 24.7 Å². The van der Waals surface area contributed by atoms with Crippen LogP contribution in [0.25, 0.3) is 5.82 Å². The lowest BCUT2D eigenvalue weighted by molar-refractivity contribution is 0.0954. The maximum absolute atomic E-state index is 13.0. The third-order valence-corrected chi connectivity index (χ3v) is 3.56. The molecule has 1 amide bonds. The Bertz CT molecular complexity index is 908. The summed E-state index contributed by atoms with van der Waals surface area (Å²) in [5.41, 5.74) is 2.07. The number of hydrogen-bond acceptors (Lipinski definition) is 6. The van der Waals surface area contributed by atoms with Gasteiger partial charge in [0.15, 0.2) is 5.82 Å². The number of amides is 1. The molecule has 3 aromatic heterocycles. The van der Waals surface area contributed by atoms with E-state index in [1.807, 2.05) is 26.0 Å². The molecule has 3 aromatic rings. The SMILES string of the molecule is Cc1cc(C)n(-c2ccc(NCCNC(=O)c3cncc(F)c3)nn2)n1. The summed E-state index contributed by atoms with van der Waals surface area (Å²) in [4.78, 5) is 15.5. The number of halogens is 1. The zero-order valence-electron chi connectivity index (χ0n) is 14.4. The number of nitrogens with one attached hydrogen (secondary N) is 2. The van der Waals surface area contributed by atoms with Gasteiger partial charge in [0.1, 0.15) is 11.6 Å². The van der Waals surface area contributed by atoms with Gasteiger partial charge in [0.05, 0.1) is 17.5 Å². The standard InChI is InChI=1S/C17H18FN7O/c1-11-7-12(2)25(24-11)16-4-3-15(22-23-16)20-5-6-21-17(26)13-8-14(18)10-19-9-13/h3-4,7-10H,5-6H2,1-2H3,(H,20,22)(H,21,26). The van der Waals surface area contributed by atoms with Gasteiger partial charge in [-0.05, 0) is 38.1 Å². The Balaban J connectivity index is 1.49. The maximum Gasteiger partial charge on any atom is 0.253 e. The number of aromatic nitrogens is 5. The molecule has 0 saturated heterocycles. The lowest BCUT2D eigenvalue weighted by Crippen LogP contribution is -2.29. The fourth-order valence-electron chi connectivity index (χ4n) is 2.40. The summed E-state index contributed by atoms with van der Waals surface area (Å²) < 4.78 is 14.8. The van der Waals surface area contributed by atoms with Gasteiger partial charge in [-0.1, -0.05) is 0 Å². The van der Waals surface area contributed by atoms with Crippen LogP contribution in [-0.2, 0) is 0 Å². The Hall–Kier alpha value is -3.36. The molecule has 0 fully saturated rings. The highest BCUT2D eigenvalue weighted by Gasteiger charge is 2.07. The van der Waals surface area contributed by atoms with Gasteiger partial charge in [-0.15, -0.1) is 10.2 Å². The number of aryl methyl sites for hydroxylation is 2. The summed E-state index contributed by atoms with van der Waals surface area (Å²) in [5, 5.41) is 18.3. The molecule has 9 heteroatoms.